The number of carbonyl (C=O) groups is 2. The number of sulfonamides is 1. The molecule has 2 amide bonds. The van der Waals surface area contributed by atoms with Gasteiger partial charge in [-0.15, -0.1) is 0 Å². The summed E-state index contributed by atoms with van der Waals surface area (Å²) in [5.74, 6) is -0.752. The van der Waals surface area contributed by atoms with Crippen LogP contribution in [0.15, 0.2) is 41.3 Å². The fourth-order valence-corrected chi connectivity index (χ4v) is 5.81. The molecule has 0 N–H and O–H groups in total. The molecule has 1 aliphatic carbocycles. The van der Waals surface area contributed by atoms with Crippen LogP contribution in [0, 0.1) is 23.2 Å². The third-order valence-electron chi connectivity index (χ3n) is 5.90. The van der Waals surface area contributed by atoms with Crippen LogP contribution in [-0.4, -0.2) is 67.2 Å². The third kappa shape index (κ3) is 3.48. The summed E-state index contributed by atoms with van der Waals surface area (Å²) in [5, 5.41) is 9.20. The van der Waals surface area contributed by atoms with Crippen molar-refractivity contribution in [2.24, 2.45) is 11.8 Å². The summed E-state index contributed by atoms with van der Waals surface area (Å²) >= 11 is 0. The molecule has 4 rings (SSSR count). The number of carbonyl (C=O) groups excluding carboxylic acids is 2. The van der Waals surface area contributed by atoms with Crippen LogP contribution in [0.2, 0.25) is 0 Å². The number of rotatable bonds is 4. The van der Waals surface area contributed by atoms with E-state index >= 15 is 0 Å². The molecule has 2 saturated heterocycles. The van der Waals surface area contributed by atoms with Crippen molar-refractivity contribution in [2.45, 2.75) is 17.7 Å². The molecule has 9 heteroatoms. The smallest absolute Gasteiger partial charge is 0.244 e. The van der Waals surface area contributed by atoms with Gasteiger partial charge < -0.3 is 0 Å². The Bertz CT molecular complexity index is 980. The van der Waals surface area contributed by atoms with E-state index in [0.717, 1.165) is 0 Å². The lowest BCUT2D eigenvalue weighted by atomic mass is 9.85. The minimum Gasteiger partial charge on any atom is -0.283 e. The Balaban J connectivity index is 1.41. The van der Waals surface area contributed by atoms with Gasteiger partial charge >= 0.3 is 0 Å². The molecule has 1 aromatic rings. The summed E-state index contributed by atoms with van der Waals surface area (Å²) in [6.45, 7) is 1.52. The lowest BCUT2D eigenvalue weighted by molar-refractivity contribution is -0.142. The molecule has 0 saturated carbocycles. The maximum atomic E-state index is 12.9. The van der Waals surface area contributed by atoms with Crippen molar-refractivity contribution in [1.29, 1.82) is 5.26 Å². The number of imide groups is 1. The SMILES string of the molecule is N#Cc1ccccc1S(=O)(=O)N1CCN(CN2C(=O)[C@H]3CC=CC[C@H]3C2=O)CC1. The molecule has 2 heterocycles. The Morgan fingerprint density at radius 3 is 2.14 bits per heavy atom. The number of amides is 2. The standard InChI is InChI=1S/C20H22N4O4S/c21-13-15-5-1-4-8-18(15)29(27,28)23-11-9-22(10-12-23)14-24-19(25)16-6-2-3-7-17(16)20(24)26/h1-5,8,16-17H,6-7,9-12,14H2/t16-,17+. The average Bonchev–Trinajstić information content (AvgIpc) is 2.99. The number of fused-ring (bicyclic) bond motifs is 1. The van der Waals surface area contributed by atoms with Gasteiger partial charge in [0.05, 0.1) is 29.0 Å². The number of nitriles is 1. The van der Waals surface area contributed by atoms with E-state index in [0.29, 0.717) is 25.9 Å². The summed E-state index contributed by atoms with van der Waals surface area (Å²) in [6, 6.07) is 8.09. The normalized spacial score (nSPS) is 25.8. The molecule has 0 unspecified atom stereocenters. The molecular weight excluding hydrogens is 392 g/mol. The predicted molar refractivity (Wildman–Crippen MR) is 104 cm³/mol. The van der Waals surface area contributed by atoms with Gasteiger partial charge in [-0.05, 0) is 25.0 Å². The monoisotopic (exact) mass is 414 g/mol. The predicted octanol–water partition coefficient (Wildman–Crippen LogP) is 0.773. The number of allylic oxidation sites excluding steroid dienone is 2. The van der Waals surface area contributed by atoms with Crippen molar-refractivity contribution in [3.05, 3.63) is 42.0 Å². The van der Waals surface area contributed by atoms with Crippen LogP contribution in [-0.2, 0) is 19.6 Å². The van der Waals surface area contributed by atoms with E-state index in [1.165, 1.54) is 21.3 Å². The van der Waals surface area contributed by atoms with Gasteiger partial charge in [0, 0.05) is 26.2 Å². The van der Waals surface area contributed by atoms with Crippen molar-refractivity contribution in [2.75, 3.05) is 32.8 Å². The number of benzene rings is 1. The first-order valence-electron chi connectivity index (χ1n) is 9.65. The van der Waals surface area contributed by atoms with Gasteiger partial charge in [-0.25, -0.2) is 8.42 Å². The Labute approximate surface area is 170 Å². The van der Waals surface area contributed by atoms with E-state index in [1.807, 2.05) is 23.1 Å². The van der Waals surface area contributed by atoms with E-state index in [1.54, 1.807) is 12.1 Å². The fraction of sp³-hybridized carbons (Fsp3) is 0.450. The summed E-state index contributed by atoms with van der Waals surface area (Å²) in [7, 11) is -3.77. The minimum absolute atomic E-state index is 0.0115. The molecule has 0 bridgehead atoms. The molecule has 3 aliphatic rings. The van der Waals surface area contributed by atoms with Gasteiger partial charge in [0.15, 0.2) is 0 Å². The first-order chi connectivity index (χ1) is 13.9. The lowest BCUT2D eigenvalue weighted by Gasteiger charge is -2.35. The van der Waals surface area contributed by atoms with Gasteiger partial charge in [-0.3, -0.25) is 19.4 Å². The zero-order valence-electron chi connectivity index (χ0n) is 15.9. The van der Waals surface area contributed by atoms with Crippen molar-refractivity contribution < 1.29 is 18.0 Å². The van der Waals surface area contributed by atoms with E-state index in [9.17, 15) is 23.3 Å². The number of nitrogens with zero attached hydrogens (tertiary/aromatic N) is 4. The van der Waals surface area contributed by atoms with Crippen molar-refractivity contribution in [1.82, 2.24) is 14.1 Å². The van der Waals surface area contributed by atoms with E-state index < -0.39 is 10.0 Å². The maximum Gasteiger partial charge on any atom is 0.244 e. The quantitative estimate of drug-likeness (QED) is 0.533. The van der Waals surface area contributed by atoms with Gasteiger partial charge in [0.1, 0.15) is 6.07 Å². The molecule has 0 spiro atoms. The number of likely N-dealkylation sites (tertiary alicyclic amines) is 1. The zero-order chi connectivity index (χ0) is 20.6. The molecule has 2 atom stereocenters. The van der Waals surface area contributed by atoms with Crippen molar-refractivity contribution in [3.8, 4) is 6.07 Å². The summed E-state index contributed by atoms with van der Waals surface area (Å²) in [5.41, 5.74) is 0.124. The molecule has 152 valence electrons. The van der Waals surface area contributed by atoms with E-state index in [-0.39, 0.29) is 53.9 Å². The largest absolute Gasteiger partial charge is 0.283 e. The molecule has 2 fully saturated rings. The highest BCUT2D eigenvalue weighted by molar-refractivity contribution is 7.89. The van der Waals surface area contributed by atoms with Crippen LogP contribution in [0.25, 0.3) is 0 Å². The second kappa shape index (κ2) is 7.71. The van der Waals surface area contributed by atoms with Crippen LogP contribution in [0.4, 0.5) is 0 Å². The summed E-state index contributed by atoms with van der Waals surface area (Å²) < 4.78 is 27.2. The van der Waals surface area contributed by atoms with Crippen LogP contribution >= 0.6 is 0 Å². The second-order valence-electron chi connectivity index (χ2n) is 7.53. The molecule has 2 aliphatic heterocycles. The fourth-order valence-electron chi connectivity index (χ4n) is 4.24. The van der Waals surface area contributed by atoms with Crippen LogP contribution in [0.3, 0.4) is 0 Å². The first kappa shape index (κ1) is 19.8. The van der Waals surface area contributed by atoms with Crippen LogP contribution < -0.4 is 0 Å². The highest BCUT2D eigenvalue weighted by Gasteiger charge is 2.47. The molecular formula is C20H22N4O4S. The number of piperazine rings is 1. The third-order valence-corrected chi connectivity index (χ3v) is 7.85. The lowest BCUT2D eigenvalue weighted by Crippen LogP contribution is -2.52. The number of hydrogen-bond acceptors (Lipinski definition) is 6. The maximum absolute atomic E-state index is 12.9. The topological polar surface area (TPSA) is 102 Å². The minimum atomic E-state index is -3.77. The summed E-state index contributed by atoms with van der Waals surface area (Å²) in [4.78, 5) is 28.5. The van der Waals surface area contributed by atoms with Gasteiger partial charge in [0.2, 0.25) is 21.8 Å². The Hall–Kier alpha value is -2.54. The first-order valence-corrected chi connectivity index (χ1v) is 11.1. The summed E-state index contributed by atoms with van der Waals surface area (Å²) in [6.07, 6.45) is 5.13. The van der Waals surface area contributed by atoms with E-state index in [2.05, 4.69) is 0 Å². The highest BCUT2D eigenvalue weighted by atomic mass is 32.2. The molecule has 1 aromatic carbocycles. The van der Waals surface area contributed by atoms with Gasteiger partial charge in [-0.2, -0.15) is 9.57 Å². The zero-order valence-corrected chi connectivity index (χ0v) is 16.7. The van der Waals surface area contributed by atoms with Crippen molar-refractivity contribution in [3.63, 3.8) is 0 Å². The Morgan fingerprint density at radius 1 is 0.966 bits per heavy atom. The number of hydrogen-bond donors (Lipinski definition) is 0. The highest BCUT2D eigenvalue weighted by Crippen LogP contribution is 2.35. The molecule has 29 heavy (non-hydrogen) atoms. The van der Waals surface area contributed by atoms with Gasteiger partial charge in [0.25, 0.3) is 0 Å². The Morgan fingerprint density at radius 2 is 1.55 bits per heavy atom. The second-order valence-corrected chi connectivity index (χ2v) is 9.44. The van der Waals surface area contributed by atoms with Gasteiger partial charge in [-0.1, -0.05) is 24.3 Å². The average molecular weight is 414 g/mol. The molecule has 0 radical (unpaired) electrons. The van der Waals surface area contributed by atoms with Crippen LogP contribution in [0.1, 0.15) is 18.4 Å². The molecule has 0 aromatic heterocycles. The Kier molecular flexibility index (Phi) is 5.25. The van der Waals surface area contributed by atoms with Crippen molar-refractivity contribution >= 4 is 21.8 Å². The van der Waals surface area contributed by atoms with E-state index in [4.69, 9.17) is 0 Å². The molecule has 8 nitrogen and oxygen atoms in total. The van der Waals surface area contributed by atoms with Crippen LogP contribution in [0.5, 0.6) is 0 Å².